The number of rotatable bonds is 7. The van der Waals surface area contributed by atoms with Crippen molar-refractivity contribution in [2.24, 2.45) is 0 Å². The van der Waals surface area contributed by atoms with Gasteiger partial charge in [0, 0.05) is 17.4 Å². The van der Waals surface area contributed by atoms with Crippen LogP contribution in [0.4, 0.5) is 0 Å². The van der Waals surface area contributed by atoms with Gasteiger partial charge in [-0.1, -0.05) is 48.5 Å². The van der Waals surface area contributed by atoms with Gasteiger partial charge in [0.2, 0.25) is 0 Å². The van der Waals surface area contributed by atoms with Crippen molar-refractivity contribution in [1.82, 2.24) is 4.98 Å². The van der Waals surface area contributed by atoms with Crippen LogP contribution in [0.2, 0.25) is 0 Å². The third-order valence-electron chi connectivity index (χ3n) is 4.44. The van der Waals surface area contributed by atoms with E-state index >= 15 is 0 Å². The summed E-state index contributed by atoms with van der Waals surface area (Å²) in [6, 6.07) is 21.9. The molecular formula is C23H19NO3S. The van der Waals surface area contributed by atoms with Gasteiger partial charge in [-0.25, -0.2) is 4.98 Å². The number of benzene rings is 3. The lowest BCUT2D eigenvalue weighted by molar-refractivity contribution is -0.136. The summed E-state index contributed by atoms with van der Waals surface area (Å²) in [5, 5.41) is 14.4. The van der Waals surface area contributed by atoms with Gasteiger partial charge in [0.25, 0.3) is 0 Å². The summed E-state index contributed by atoms with van der Waals surface area (Å²) < 4.78 is 5.78. The molecule has 3 aromatic carbocycles. The highest BCUT2D eigenvalue weighted by atomic mass is 32.1. The lowest BCUT2D eigenvalue weighted by Gasteiger charge is -2.06. The van der Waals surface area contributed by atoms with Crippen LogP contribution >= 0.6 is 11.3 Å². The molecule has 140 valence electrons. The van der Waals surface area contributed by atoms with Crippen molar-refractivity contribution >= 4 is 28.1 Å². The molecule has 4 nitrogen and oxygen atoms in total. The zero-order valence-corrected chi connectivity index (χ0v) is 16.0. The Hall–Kier alpha value is -3.18. The number of carboxylic acid groups (broad SMARTS) is 1. The molecule has 0 unspecified atom stereocenters. The average Bonchev–Trinajstić information content (AvgIpc) is 3.16. The molecule has 1 heterocycles. The fourth-order valence-electron chi connectivity index (χ4n) is 3.08. The second-order valence-electron chi connectivity index (χ2n) is 6.50. The minimum atomic E-state index is -0.846. The van der Waals surface area contributed by atoms with Crippen LogP contribution in [0.15, 0.2) is 72.1 Å². The van der Waals surface area contributed by atoms with E-state index in [0.717, 1.165) is 21.8 Å². The van der Waals surface area contributed by atoms with E-state index in [4.69, 9.17) is 14.8 Å². The van der Waals surface area contributed by atoms with Gasteiger partial charge in [0.15, 0.2) is 0 Å². The predicted octanol–water partition coefficient (Wildman–Crippen LogP) is 5.21. The van der Waals surface area contributed by atoms with Gasteiger partial charge in [-0.2, -0.15) is 0 Å². The first kappa shape index (κ1) is 18.2. The number of aromatic nitrogens is 1. The number of aliphatic carboxylic acids is 1. The van der Waals surface area contributed by atoms with Gasteiger partial charge in [-0.05, 0) is 34.5 Å². The van der Waals surface area contributed by atoms with Crippen molar-refractivity contribution in [3.63, 3.8) is 0 Å². The molecule has 1 aromatic heterocycles. The quantitative estimate of drug-likeness (QED) is 0.471. The van der Waals surface area contributed by atoms with Gasteiger partial charge in [-0.15, -0.1) is 11.3 Å². The maximum atomic E-state index is 10.8. The maximum Gasteiger partial charge on any atom is 0.307 e. The third-order valence-corrected chi connectivity index (χ3v) is 5.34. The minimum Gasteiger partial charge on any atom is -0.493 e. The van der Waals surface area contributed by atoms with Gasteiger partial charge in [0.05, 0.1) is 23.7 Å². The number of thiazole rings is 1. The van der Waals surface area contributed by atoms with Crippen molar-refractivity contribution < 1.29 is 14.6 Å². The van der Waals surface area contributed by atoms with E-state index in [1.165, 1.54) is 10.8 Å². The SMILES string of the molecule is O=C(O)Cc1cccc(OCCc2nc(-c3ccc4ccccc4c3)cs2)c1. The van der Waals surface area contributed by atoms with Gasteiger partial charge in [-0.3, -0.25) is 4.79 Å². The number of ether oxygens (including phenoxy) is 1. The summed E-state index contributed by atoms with van der Waals surface area (Å²) in [7, 11) is 0. The van der Waals surface area contributed by atoms with Crippen molar-refractivity contribution in [2.75, 3.05) is 6.61 Å². The van der Waals surface area contributed by atoms with E-state index in [0.29, 0.717) is 18.8 Å². The molecule has 0 aliphatic carbocycles. The number of nitrogens with zero attached hydrogens (tertiary/aromatic N) is 1. The first-order valence-electron chi connectivity index (χ1n) is 9.04. The van der Waals surface area contributed by atoms with Crippen LogP contribution in [-0.2, 0) is 17.6 Å². The number of fused-ring (bicyclic) bond motifs is 1. The normalized spacial score (nSPS) is 10.9. The third kappa shape index (κ3) is 4.38. The summed E-state index contributed by atoms with van der Waals surface area (Å²) in [4.78, 5) is 15.6. The highest BCUT2D eigenvalue weighted by molar-refractivity contribution is 7.09. The summed E-state index contributed by atoms with van der Waals surface area (Å²) in [6.07, 6.45) is 0.709. The van der Waals surface area contributed by atoms with Crippen LogP contribution in [0, 0.1) is 0 Å². The molecule has 28 heavy (non-hydrogen) atoms. The number of hydrogen-bond acceptors (Lipinski definition) is 4. The lowest BCUT2D eigenvalue weighted by atomic mass is 10.1. The highest BCUT2D eigenvalue weighted by Crippen LogP contribution is 2.26. The largest absolute Gasteiger partial charge is 0.493 e. The summed E-state index contributed by atoms with van der Waals surface area (Å²) in [5.41, 5.74) is 2.83. The second-order valence-corrected chi connectivity index (χ2v) is 7.45. The molecule has 0 aliphatic heterocycles. The van der Waals surface area contributed by atoms with Crippen LogP contribution in [0.25, 0.3) is 22.0 Å². The Morgan fingerprint density at radius 1 is 1.00 bits per heavy atom. The van der Waals surface area contributed by atoms with E-state index in [2.05, 4.69) is 35.7 Å². The second kappa shape index (κ2) is 8.23. The van der Waals surface area contributed by atoms with E-state index in [-0.39, 0.29) is 6.42 Å². The first-order chi connectivity index (χ1) is 13.7. The van der Waals surface area contributed by atoms with Gasteiger partial charge >= 0.3 is 5.97 Å². The van der Waals surface area contributed by atoms with Crippen molar-refractivity contribution in [1.29, 1.82) is 0 Å². The van der Waals surface area contributed by atoms with E-state index in [1.807, 2.05) is 24.3 Å². The van der Waals surface area contributed by atoms with E-state index in [1.54, 1.807) is 23.5 Å². The van der Waals surface area contributed by atoms with E-state index < -0.39 is 5.97 Å². The molecule has 0 saturated carbocycles. The Balaban J connectivity index is 1.39. The molecule has 0 spiro atoms. The first-order valence-corrected chi connectivity index (χ1v) is 9.92. The molecule has 0 amide bonds. The van der Waals surface area contributed by atoms with Crippen LogP contribution in [0.3, 0.4) is 0 Å². The average molecular weight is 389 g/mol. The molecule has 4 rings (SSSR count). The molecule has 0 radical (unpaired) electrons. The smallest absolute Gasteiger partial charge is 0.307 e. The summed E-state index contributed by atoms with van der Waals surface area (Å²) >= 11 is 1.63. The molecule has 0 atom stereocenters. The Morgan fingerprint density at radius 2 is 1.86 bits per heavy atom. The topological polar surface area (TPSA) is 59.4 Å². The standard InChI is InChI=1S/C23H19NO3S/c25-23(26)13-16-4-3-7-20(12-16)27-11-10-22-24-21(15-28-22)19-9-8-17-5-1-2-6-18(17)14-19/h1-9,12,14-15H,10-11,13H2,(H,25,26). The summed E-state index contributed by atoms with van der Waals surface area (Å²) in [6.45, 7) is 0.501. The molecule has 5 heteroatoms. The lowest BCUT2D eigenvalue weighted by Crippen LogP contribution is -2.03. The number of carbonyl (C=O) groups is 1. The Morgan fingerprint density at radius 3 is 2.71 bits per heavy atom. The van der Waals surface area contributed by atoms with Crippen LogP contribution in [-0.4, -0.2) is 22.7 Å². The highest BCUT2D eigenvalue weighted by Gasteiger charge is 2.07. The molecule has 0 saturated heterocycles. The molecule has 4 aromatic rings. The van der Waals surface area contributed by atoms with Crippen molar-refractivity contribution in [3.8, 4) is 17.0 Å². The molecule has 0 aliphatic rings. The molecule has 0 fully saturated rings. The predicted molar refractivity (Wildman–Crippen MR) is 112 cm³/mol. The van der Waals surface area contributed by atoms with Crippen LogP contribution in [0.1, 0.15) is 10.6 Å². The van der Waals surface area contributed by atoms with Crippen molar-refractivity contribution in [2.45, 2.75) is 12.8 Å². The van der Waals surface area contributed by atoms with Crippen LogP contribution in [0.5, 0.6) is 5.75 Å². The monoisotopic (exact) mass is 389 g/mol. The van der Waals surface area contributed by atoms with Gasteiger partial charge in [0.1, 0.15) is 5.75 Å². The van der Waals surface area contributed by atoms with Gasteiger partial charge < -0.3 is 9.84 Å². The number of hydrogen-bond donors (Lipinski definition) is 1. The minimum absolute atomic E-state index is 0.00119. The maximum absolute atomic E-state index is 10.8. The Kier molecular flexibility index (Phi) is 5.35. The molecule has 1 N–H and O–H groups in total. The molecule has 0 bridgehead atoms. The Labute approximate surface area is 167 Å². The van der Waals surface area contributed by atoms with Crippen LogP contribution < -0.4 is 4.74 Å². The fraction of sp³-hybridized carbons (Fsp3) is 0.130. The molecular weight excluding hydrogens is 370 g/mol. The zero-order valence-electron chi connectivity index (χ0n) is 15.2. The number of carboxylic acids is 1. The Bertz CT molecular complexity index is 1120. The zero-order chi connectivity index (χ0) is 19.3. The fourth-order valence-corrected chi connectivity index (χ4v) is 3.87. The van der Waals surface area contributed by atoms with E-state index in [9.17, 15) is 4.79 Å². The summed E-state index contributed by atoms with van der Waals surface area (Å²) in [5.74, 6) is -0.161. The van der Waals surface area contributed by atoms with Crippen molar-refractivity contribution in [3.05, 3.63) is 82.7 Å².